The van der Waals surface area contributed by atoms with Crippen molar-refractivity contribution in [1.29, 1.82) is 0 Å². The van der Waals surface area contributed by atoms with E-state index in [0.717, 1.165) is 12.2 Å². The normalized spacial score (nSPS) is 28.0. The Labute approximate surface area is 71.9 Å². The number of hydrogen-bond acceptors (Lipinski definition) is 2. The van der Waals surface area contributed by atoms with E-state index in [1.54, 1.807) is 6.08 Å². The van der Waals surface area contributed by atoms with E-state index < -0.39 is 0 Å². The lowest BCUT2D eigenvalue weighted by Crippen LogP contribution is -2.01. The standard InChI is InChI=1S/C10H12O2/c1-2-3-8-9-6-12-5-7(9)4-10(8)11/h2,7H,1,3-6H2/t7-/m0/s1. The second-order valence-corrected chi connectivity index (χ2v) is 3.34. The molecule has 1 saturated heterocycles. The van der Waals surface area contributed by atoms with Gasteiger partial charge in [-0.15, -0.1) is 6.58 Å². The van der Waals surface area contributed by atoms with E-state index in [-0.39, 0.29) is 0 Å². The van der Waals surface area contributed by atoms with E-state index >= 15 is 0 Å². The molecule has 64 valence electrons. The van der Waals surface area contributed by atoms with E-state index in [1.165, 1.54) is 5.57 Å². The predicted molar refractivity (Wildman–Crippen MR) is 45.8 cm³/mol. The van der Waals surface area contributed by atoms with Crippen LogP contribution in [0, 0.1) is 5.92 Å². The molecule has 0 unspecified atom stereocenters. The number of fused-ring (bicyclic) bond motifs is 1. The van der Waals surface area contributed by atoms with Gasteiger partial charge in [-0.1, -0.05) is 6.08 Å². The van der Waals surface area contributed by atoms with Crippen molar-refractivity contribution >= 4 is 5.78 Å². The van der Waals surface area contributed by atoms with E-state index in [4.69, 9.17) is 4.74 Å². The highest BCUT2D eigenvalue weighted by Gasteiger charge is 2.34. The van der Waals surface area contributed by atoms with Crippen molar-refractivity contribution in [2.45, 2.75) is 12.8 Å². The number of ether oxygens (including phenoxy) is 1. The number of carbonyl (C=O) groups excluding carboxylic acids is 1. The second-order valence-electron chi connectivity index (χ2n) is 3.34. The average molecular weight is 164 g/mol. The molecule has 0 aromatic carbocycles. The number of Topliss-reactive ketones (excluding diaryl/α,β-unsaturated/α-hetero) is 1. The summed E-state index contributed by atoms with van der Waals surface area (Å²) in [6.45, 7) is 5.05. The third-order valence-corrected chi connectivity index (χ3v) is 2.57. The summed E-state index contributed by atoms with van der Waals surface area (Å²) in [5, 5.41) is 0. The molecule has 2 aliphatic rings. The molecular weight excluding hydrogens is 152 g/mol. The molecule has 0 saturated carbocycles. The molecule has 0 amide bonds. The van der Waals surface area contributed by atoms with Crippen LogP contribution in [-0.2, 0) is 9.53 Å². The second kappa shape index (κ2) is 2.87. The van der Waals surface area contributed by atoms with Crippen molar-refractivity contribution in [2.75, 3.05) is 13.2 Å². The van der Waals surface area contributed by atoms with Crippen LogP contribution in [-0.4, -0.2) is 19.0 Å². The molecule has 2 heteroatoms. The summed E-state index contributed by atoms with van der Waals surface area (Å²) in [6.07, 6.45) is 3.17. The third kappa shape index (κ3) is 1.03. The lowest BCUT2D eigenvalue weighted by atomic mass is 10.0. The summed E-state index contributed by atoms with van der Waals surface area (Å²) in [6, 6.07) is 0. The fraction of sp³-hybridized carbons (Fsp3) is 0.500. The SMILES string of the molecule is C=CCC1=C2COC[C@@H]2CC1=O. The van der Waals surface area contributed by atoms with Gasteiger partial charge < -0.3 is 4.74 Å². The highest BCUT2D eigenvalue weighted by Crippen LogP contribution is 2.35. The zero-order valence-electron chi connectivity index (χ0n) is 7.01. The van der Waals surface area contributed by atoms with Gasteiger partial charge in [0.05, 0.1) is 13.2 Å². The topological polar surface area (TPSA) is 26.3 Å². The third-order valence-electron chi connectivity index (χ3n) is 2.57. The Morgan fingerprint density at radius 2 is 2.50 bits per heavy atom. The molecule has 12 heavy (non-hydrogen) atoms. The van der Waals surface area contributed by atoms with E-state index in [2.05, 4.69) is 6.58 Å². The Balaban J connectivity index is 2.29. The maximum absolute atomic E-state index is 11.4. The van der Waals surface area contributed by atoms with Crippen LogP contribution in [0.1, 0.15) is 12.8 Å². The monoisotopic (exact) mass is 164 g/mol. The highest BCUT2D eigenvalue weighted by molar-refractivity contribution is 5.99. The minimum absolute atomic E-state index is 0.304. The number of hydrogen-bond donors (Lipinski definition) is 0. The molecule has 2 nitrogen and oxygen atoms in total. The van der Waals surface area contributed by atoms with Gasteiger partial charge >= 0.3 is 0 Å². The first-order valence-corrected chi connectivity index (χ1v) is 4.26. The van der Waals surface area contributed by atoms with Gasteiger partial charge in [-0.3, -0.25) is 4.79 Å². The zero-order chi connectivity index (χ0) is 8.55. The first kappa shape index (κ1) is 7.74. The Morgan fingerprint density at radius 3 is 3.25 bits per heavy atom. The fourth-order valence-corrected chi connectivity index (χ4v) is 1.96. The minimum Gasteiger partial charge on any atom is -0.376 e. The van der Waals surface area contributed by atoms with Crippen LogP contribution < -0.4 is 0 Å². The first-order valence-electron chi connectivity index (χ1n) is 4.26. The number of allylic oxidation sites excluding steroid dienone is 2. The summed E-state index contributed by atoms with van der Waals surface area (Å²) in [5.41, 5.74) is 2.20. The van der Waals surface area contributed by atoms with Crippen molar-refractivity contribution < 1.29 is 9.53 Å². The quantitative estimate of drug-likeness (QED) is 0.578. The van der Waals surface area contributed by atoms with Crippen LogP contribution in [0.3, 0.4) is 0 Å². The van der Waals surface area contributed by atoms with Gasteiger partial charge in [-0.25, -0.2) is 0 Å². The maximum atomic E-state index is 11.4. The molecule has 0 aromatic heterocycles. The molecule has 2 rings (SSSR count). The molecule has 0 spiro atoms. The minimum atomic E-state index is 0.304. The smallest absolute Gasteiger partial charge is 0.159 e. The number of ketones is 1. The van der Waals surface area contributed by atoms with Crippen LogP contribution in [0.4, 0.5) is 0 Å². The summed E-state index contributed by atoms with van der Waals surface area (Å²) in [5.74, 6) is 0.700. The molecule has 1 fully saturated rings. The lowest BCUT2D eigenvalue weighted by molar-refractivity contribution is -0.115. The van der Waals surface area contributed by atoms with Crippen molar-refractivity contribution in [3.05, 3.63) is 23.8 Å². The fourth-order valence-electron chi connectivity index (χ4n) is 1.96. The van der Waals surface area contributed by atoms with Crippen LogP contribution in [0.25, 0.3) is 0 Å². The van der Waals surface area contributed by atoms with E-state index in [0.29, 0.717) is 31.1 Å². The summed E-state index contributed by atoms with van der Waals surface area (Å²) >= 11 is 0. The Hall–Kier alpha value is -0.890. The van der Waals surface area contributed by atoms with Gasteiger partial charge in [0.25, 0.3) is 0 Å². The van der Waals surface area contributed by atoms with E-state index in [1.807, 2.05) is 0 Å². The van der Waals surface area contributed by atoms with Crippen molar-refractivity contribution in [1.82, 2.24) is 0 Å². The highest BCUT2D eigenvalue weighted by atomic mass is 16.5. The maximum Gasteiger partial charge on any atom is 0.159 e. The van der Waals surface area contributed by atoms with Crippen LogP contribution in [0.15, 0.2) is 23.8 Å². The molecular formula is C10H12O2. The molecule has 1 aliphatic carbocycles. The summed E-state index contributed by atoms with van der Waals surface area (Å²) in [4.78, 5) is 11.4. The van der Waals surface area contributed by atoms with Crippen molar-refractivity contribution in [3.8, 4) is 0 Å². The summed E-state index contributed by atoms with van der Waals surface area (Å²) in [7, 11) is 0. The Morgan fingerprint density at radius 1 is 1.67 bits per heavy atom. The molecule has 1 aliphatic heterocycles. The van der Waals surface area contributed by atoms with Gasteiger partial charge in [0.2, 0.25) is 0 Å². The number of carbonyl (C=O) groups is 1. The lowest BCUT2D eigenvalue weighted by Gasteiger charge is -1.97. The van der Waals surface area contributed by atoms with Crippen LogP contribution in [0.5, 0.6) is 0 Å². The van der Waals surface area contributed by atoms with Crippen molar-refractivity contribution in [3.63, 3.8) is 0 Å². The Kier molecular flexibility index (Phi) is 1.85. The van der Waals surface area contributed by atoms with Gasteiger partial charge in [0, 0.05) is 17.9 Å². The first-order chi connectivity index (χ1) is 5.83. The average Bonchev–Trinajstić information content (AvgIpc) is 2.56. The molecule has 0 radical (unpaired) electrons. The van der Waals surface area contributed by atoms with E-state index in [9.17, 15) is 4.79 Å². The van der Waals surface area contributed by atoms with Gasteiger partial charge in [0.15, 0.2) is 5.78 Å². The van der Waals surface area contributed by atoms with Gasteiger partial charge in [0.1, 0.15) is 0 Å². The largest absolute Gasteiger partial charge is 0.376 e. The predicted octanol–water partition coefficient (Wildman–Crippen LogP) is 1.48. The van der Waals surface area contributed by atoms with Crippen LogP contribution >= 0.6 is 0 Å². The molecule has 1 heterocycles. The van der Waals surface area contributed by atoms with Gasteiger partial charge in [-0.05, 0) is 12.0 Å². The van der Waals surface area contributed by atoms with Crippen molar-refractivity contribution in [2.24, 2.45) is 5.92 Å². The zero-order valence-corrected chi connectivity index (χ0v) is 7.01. The van der Waals surface area contributed by atoms with Crippen LogP contribution in [0.2, 0.25) is 0 Å². The molecule has 1 atom stereocenters. The summed E-state index contributed by atoms with van der Waals surface area (Å²) < 4.78 is 5.29. The number of rotatable bonds is 2. The molecule has 0 bridgehead atoms. The molecule has 0 aromatic rings. The molecule has 0 N–H and O–H groups in total. The Bertz CT molecular complexity index is 263. The van der Waals surface area contributed by atoms with Gasteiger partial charge in [-0.2, -0.15) is 0 Å².